The van der Waals surface area contributed by atoms with Crippen molar-refractivity contribution in [1.29, 1.82) is 0 Å². The van der Waals surface area contributed by atoms with Crippen molar-refractivity contribution in [3.05, 3.63) is 12.2 Å². The molecule has 0 aliphatic carbocycles. The summed E-state index contributed by atoms with van der Waals surface area (Å²) in [6, 6.07) is 0. The van der Waals surface area contributed by atoms with Crippen molar-refractivity contribution in [2.45, 2.75) is 12.8 Å². The zero-order chi connectivity index (χ0) is 8.15. The first-order chi connectivity index (χ1) is 4.54. The molecule has 0 fully saturated rings. The quantitative estimate of drug-likeness (QED) is 0.471. The average Bonchev–Trinajstić information content (AvgIpc) is 1.82. The fourth-order valence-corrected chi connectivity index (χ4v) is 0.365. The molecule has 0 heterocycles. The largest absolute Gasteiger partial charge is 2.00 e. The molecule has 0 unspecified atom stereocenters. The molecule has 0 atom stereocenters. The van der Waals surface area contributed by atoms with E-state index in [-0.39, 0.29) is 44.3 Å². The van der Waals surface area contributed by atoms with Crippen LogP contribution in [0.25, 0.3) is 0 Å². The summed E-state index contributed by atoms with van der Waals surface area (Å²) in [5, 5.41) is 16.3. The zero-order valence-corrected chi connectivity index (χ0v) is 7.45. The van der Waals surface area contributed by atoms with Gasteiger partial charge in [-0.25, -0.2) is 4.79 Å². The molecule has 2 N–H and O–H groups in total. The fraction of sp³-hybridized carbons (Fsp3) is 0.333. The van der Waals surface area contributed by atoms with Crippen LogP contribution in [-0.4, -0.2) is 45.2 Å². The van der Waals surface area contributed by atoms with Gasteiger partial charge in [-0.15, -0.1) is 0 Å². The van der Waals surface area contributed by atoms with Gasteiger partial charge in [0.05, 0.1) is 0 Å². The Labute approximate surface area is 83.0 Å². The van der Waals surface area contributed by atoms with Gasteiger partial charge in [0.25, 0.3) is 0 Å². The third-order valence-corrected chi connectivity index (χ3v) is 0.943. The maximum atomic E-state index is 10.0. The summed E-state index contributed by atoms with van der Waals surface area (Å²) in [7, 11) is 0. The molecular formula is C6H10MgO4. The van der Waals surface area contributed by atoms with Crippen molar-refractivity contribution >= 4 is 35.0 Å². The van der Waals surface area contributed by atoms with E-state index in [2.05, 4.69) is 6.58 Å². The number of aliphatic carboxylic acids is 2. The molecule has 60 valence electrons. The second-order valence-electron chi connectivity index (χ2n) is 1.80. The van der Waals surface area contributed by atoms with Gasteiger partial charge in [0.2, 0.25) is 0 Å². The van der Waals surface area contributed by atoms with Crippen molar-refractivity contribution in [3.63, 3.8) is 0 Å². The summed E-state index contributed by atoms with van der Waals surface area (Å²) in [4.78, 5) is 19.9. The summed E-state index contributed by atoms with van der Waals surface area (Å²) in [5.41, 5.74) is -0.0672. The molecule has 0 aromatic heterocycles. The van der Waals surface area contributed by atoms with Crippen LogP contribution in [0.15, 0.2) is 12.2 Å². The molecule has 0 aromatic carbocycles. The van der Waals surface area contributed by atoms with Crippen LogP contribution in [0.5, 0.6) is 0 Å². The predicted molar refractivity (Wildman–Crippen MR) is 41.6 cm³/mol. The molecule has 0 rings (SSSR count). The van der Waals surface area contributed by atoms with E-state index in [1.165, 1.54) is 0 Å². The van der Waals surface area contributed by atoms with Crippen LogP contribution in [0.4, 0.5) is 0 Å². The Hall–Kier alpha value is -0.554. The van der Waals surface area contributed by atoms with Gasteiger partial charge in [-0.3, -0.25) is 4.79 Å². The summed E-state index contributed by atoms with van der Waals surface area (Å²) < 4.78 is 0. The van der Waals surface area contributed by atoms with E-state index in [1.807, 2.05) is 0 Å². The molecule has 0 aliphatic heterocycles. The maximum Gasteiger partial charge on any atom is 2.00 e. The van der Waals surface area contributed by atoms with Gasteiger partial charge in [-0.05, 0) is 6.42 Å². The third kappa shape index (κ3) is 7.34. The number of carboxylic acid groups (broad SMARTS) is 2. The van der Waals surface area contributed by atoms with Crippen LogP contribution >= 0.6 is 0 Å². The molecule has 0 spiro atoms. The molecule has 0 aromatic rings. The summed E-state index contributed by atoms with van der Waals surface area (Å²) in [5.74, 6) is -2.15. The number of hydrogen-bond acceptors (Lipinski definition) is 2. The topological polar surface area (TPSA) is 74.6 Å². The van der Waals surface area contributed by atoms with Gasteiger partial charge in [-0.2, -0.15) is 0 Å². The Balaban J connectivity index is -0.000000135. The van der Waals surface area contributed by atoms with Crippen molar-refractivity contribution in [2.75, 3.05) is 0 Å². The molecule has 0 saturated heterocycles. The molecule has 0 aliphatic rings. The van der Waals surface area contributed by atoms with E-state index in [4.69, 9.17) is 10.2 Å². The van der Waals surface area contributed by atoms with E-state index in [1.54, 1.807) is 0 Å². The monoisotopic (exact) mass is 170 g/mol. The predicted octanol–water partition coefficient (Wildman–Crippen LogP) is 0.336. The molecule has 0 saturated carbocycles. The van der Waals surface area contributed by atoms with Crippen molar-refractivity contribution in [1.82, 2.24) is 0 Å². The summed E-state index contributed by atoms with van der Waals surface area (Å²) in [6.07, 6.45) is -0.171. The van der Waals surface area contributed by atoms with Crippen molar-refractivity contribution < 1.29 is 22.7 Å². The molecule has 11 heavy (non-hydrogen) atoms. The van der Waals surface area contributed by atoms with Gasteiger partial charge in [0.15, 0.2) is 0 Å². The molecule has 5 heteroatoms. The second kappa shape index (κ2) is 6.18. The van der Waals surface area contributed by atoms with Gasteiger partial charge >= 0.3 is 35.0 Å². The maximum absolute atomic E-state index is 10.0. The smallest absolute Gasteiger partial charge is 1.00 e. The second-order valence-corrected chi connectivity index (χ2v) is 1.80. The van der Waals surface area contributed by atoms with Crippen LogP contribution in [0, 0.1) is 0 Å². The third-order valence-electron chi connectivity index (χ3n) is 0.943. The fourth-order valence-electron chi connectivity index (χ4n) is 0.365. The normalized spacial score (nSPS) is 8.00. The summed E-state index contributed by atoms with van der Waals surface area (Å²) in [6.45, 7) is 3.16. The Morgan fingerprint density at radius 3 is 2.00 bits per heavy atom. The average molecular weight is 170 g/mol. The van der Waals surface area contributed by atoms with Crippen LogP contribution in [-0.2, 0) is 9.59 Å². The number of carboxylic acids is 2. The first-order valence-electron chi connectivity index (χ1n) is 2.67. The van der Waals surface area contributed by atoms with E-state index >= 15 is 0 Å². The van der Waals surface area contributed by atoms with Gasteiger partial charge < -0.3 is 13.1 Å². The molecular weight excluding hydrogens is 160 g/mol. The number of carbonyl (C=O) groups is 2. The van der Waals surface area contributed by atoms with E-state index < -0.39 is 11.9 Å². The van der Waals surface area contributed by atoms with Crippen LogP contribution in [0.3, 0.4) is 0 Å². The molecule has 0 bridgehead atoms. The minimum absolute atomic E-state index is 0. The first-order valence-corrected chi connectivity index (χ1v) is 2.67. The van der Waals surface area contributed by atoms with Gasteiger partial charge in [0.1, 0.15) is 0 Å². The Morgan fingerprint density at radius 1 is 1.27 bits per heavy atom. The van der Waals surface area contributed by atoms with E-state index in [9.17, 15) is 9.59 Å². The van der Waals surface area contributed by atoms with Crippen LogP contribution < -0.4 is 0 Å². The van der Waals surface area contributed by atoms with Crippen LogP contribution in [0.2, 0.25) is 0 Å². The van der Waals surface area contributed by atoms with E-state index in [0.717, 1.165) is 0 Å². The van der Waals surface area contributed by atoms with Crippen LogP contribution in [0.1, 0.15) is 15.7 Å². The number of rotatable bonds is 4. The van der Waals surface area contributed by atoms with Crippen molar-refractivity contribution in [3.8, 4) is 0 Å². The minimum Gasteiger partial charge on any atom is -1.00 e. The SMILES string of the molecule is C=C(CCC(=O)O)C(=O)O.[H-].[H-].[Mg+2]. The number of hydrogen-bond donors (Lipinski definition) is 2. The zero-order valence-electron chi connectivity index (χ0n) is 8.04. The molecule has 4 nitrogen and oxygen atoms in total. The first kappa shape index (κ1) is 13.1. The standard InChI is InChI=1S/C6H8O4.Mg.2H/c1-4(6(9)10)2-3-5(7)8;;;/h1-3H2,(H,7,8)(H,9,10);;;/q;+2;2*-1. The molecule has 0 radical (unpaired) electrons. The Kier molecular flexibility index (Phi) is 7.34. The minimum atomic E-state index is -1.14. The Bertz CT molecular complexity index is 183. The van der Waals surface area contributed by atoms with Crippen molar-refractivity contribution in [2.24, 2.45) is 0 Å². The van der Waals surface area contributed by atoms with E-state index in [0.29, 0.717) is 0 Å². The molecule has 0 amide bonds. The van der Waals surface area contributed by atoms with Gasteiger partial charge in [-0.1, -0.05) is 6.58 Å². The Morgan fingerprint density at radius 2 is 1.73 bits per heavy atom. The summed E-state index contributed by atoms with van der Waals surface area (Å²) >= 11 is 0. The van der Waals surface area contributed by atoms with Gasteiger partial charge in [0, 0.05) is 12.0 Å².